The molecule has 22 heteroatoms. The minimum absolute atomic E-state index is 2.34. The van der Waals surface area contributed by atoms with E-state index in [9.17, 15) is 92.6 Å². The molecule has 0 N–H and O–H groups in total. The zero-order chi connectivity index (χ0) is 27.5. The number of carbonyl (C=O) groups is 1. The van der Waals surface area contributed by atoms with Crippen LogP contribution >= 0.6 is 0 Å². The lowest BCUT2D eigenvalue weighted by Gasteiger charge is -2.42. The number of alkyl halides is 20. The second-order valence-corrected chi connectivity index (χ2v) is 5.71. The summed E-state index contributed by atoms with van der Waals surface area (Å²) in [6.07, 6.45) is -13.8. The average Bonchev–Trinajstić information content (AvgIpc) is 2.56. The van der Waals surface area contributed by atoms with Crippen LogP contribution in [0.1, 0.15) is 0 Å². The SMILES string of the molecule is O=C(OCC(F)(F)F)C(F)(F)C(F)(F)C(F)(F)C(F)(F)C(F)(F)C(F)(F)C(F)(F)C(F)(F)F. The minimum Gasteiger partial charge on any atom is -0.451 e. The number of carbonyl (C=O) groups excluding carboxylic acids is 1. The third-order valence-electron chi connectivity index (χ3n) is 3.35. The van der Waals surface area contributed by atoms with Gasteiger partial charge in [0.05, 0.1) is 0 Å². The molecule has 0 atom stereocenters. The summed E-state index contributed by atoms with van der Waals surface area (Å²) in [5, 5.41) is 0. The van der Waals surface area contributed by atoms with E-state index >= 15 is 0 Å². The molecule has 0 bridgehead atoms. The number of esters is 1. The zero-order valence-corrected chi connectivity index (χ0v) is 14.1. The van der Waals surface area contributed by atoms with Crippen molar-refractivity contribution in [3.63, 3.8) is 0 Å². The van der Waals surface area contributed by atoms with E-state index in [0.717, 1.165) is 0 Å². The van der Waals surface area contributed by atoms with Crippen molar-refractivity contribution >= 4 is 5.97 Å². The van der Waals surface area contributed by atoms with Gasteiger partial charge in [-0.2, -0.15) is 87.8 Å². The van der Waals surface area contributed by atoms with Gasteiger partial charge < -0.3 is 4.74 Å². The molecule has 33 heavy (non-hydrogen) atoms. The summed E-state index contributed by atoms with van der Waals surface area (Å²) in [6, 6.07) is 0. The maximum absolute atomic E-state index is 13.3. The molecule has 0 aromatic carbocycles. The first-order valence-electron chi connectivity index (χ1n) is 6.83. The van der Waals surface area contributed by atoms with Crippen LogP contribution in [0.15, 0.2) is 0 Å². The van der Waals surface area contributed by atoms with Crippen LogP contribution in [0.2, 0.25) is 0 Å². The fourth-order valence-electron chi connectivity index (χ4n) is 1.53. The van der Waals surface area contributed by atoms with Crippen molar-refractivity contribution in [2.45, 2.75) is 53.8 Å². The van der Waals surface area contributed by atoms with Crippen molar-refractivity contribution in [2.75, 3.05) is 6.61 Å². The predicted octanol–water partition coefficient (Wildman–Crippen LogP) is 6.10. The molecule has 0 aromatic heterocycles. The normalized spacial score (nSPS) is 16.1. The van der Waals surface area contributed by atoms with Crippen LogP contribution in [0.5, 0.6) is 0 Å². The van der Waals surface area contributed by atoms with E-state index in [-0.39, 0.29) is 0 Å². The van der Waals surface area contributed by atoms with Crippen molar-refractivity contribution in [1.29, 1.82) is 0 Å². The third kappa shape index (κ3) is 4.44. The number of halogens is 20. The Balaban J connectivity index is 6.62. The maximum Gasteiger partial charge on any atom is 0.460 e. The molecule has 198 valence electrons. The van der Waals surface area contributed by atoms with Crippen LogP contribution in [-0.2, 0) is 9.53 Å². The van der Waals surface area contributed by atoms with Crippen LogP contribution < -0.4 is 0 Å². The van der Waals surface area contributed by atoms with E-state index < -0.39 is 66.4 Å². The highest BCUT2D eigenvalue weighted by Gasteiger charge is 2.96. The lowest BCUT2D eigenvalue weighted by molar-refractivity contribution is -0.460. The molecule has 2 nitrogen and oxygen atoms in total. The third-order valence-corrected chi connectivity index (χ3v) is 3.35. The lowest BCUT2D eigenvalue weighted by Crippen LogP contribution is -2.75. The largest absolute Gasteiger partial charge is 0.460 e. The molecule has 0 aliphatic carbocycles. The molecule has 0 amide bonds. The summed E-state index contributed by atoms with van der Waals surface area (Å²) in [5.74, 6) is -64.4. The Hall–Kier alpha value is -1.93. The quantitative estimate of drug-likeness (QED) is 0.272. The van der Waals surface area contributed by atoms with Gasteiger partial charge in [0.2, 0.25) is 0 Å². The van der Waals surface area contributed by atoms with E-state index in [1.807, 2.05) is 0 Å². The molecule has 0 saturated heterocycles. The van der Waals surface area contributed by atoms with Crippen molar-refractivity contribution < 1.29 is 97.3 Å². The van der Waals surface area contributed by atoms with Gasteiger partial charge in [-0.25, -0.2) is 4.79 Å². The molecule has 0 unspecified atom stereocenters. The van der Waals surface area contributed by atoms with Gasteiger partial charge in [0.15, 0.2) is 6.61 Å². The highest BCUT2D eigenvalue weighted by atomic mass is 19.4. The Labute approximate surface area is 165 Å². The Morgan fingerprint density at radius 1 is 0.455 bits per heavy atom. The van der Waals surface area contributed by atoms with Gasteiger partial charge in [-0.15, -0.1) is 0 Å². The summed E-state index contributed by atoms with van der Waals surface area (Å²) >= 11 is 0. The highest BCUT2D eigenvalue weighted by Crippen LogP contribution is 2.64. The van der Waals surface area contributed by atoms with E-state index in [1.54, 1.807) is 0 Å². The molecule has 0 aromatic rings. The fourth-order valence-corrected chi connectivity index (χ4v) is 1.53. The van der Waals surface area contributed by atoms with Crippen molar-refractivity contribution in [3.05, 3.63) is 0 Å². The molecule has 0 fully saturated rings. The Bertz CT molecular complexity index is 727. The average molecular weight is 546 g/mol. The number of hydrogen-bond donors (Lipinski definition) is 0. The molecule has 0 saturated carbocycles. The Morgan fingerprint density at radius 2 is 0.727 bits per heavy atom. The van der Waals surface area contributed by atoms with Gasteiger partial charge in [-0.1, -0.05) is 0 Å². The van der Waals surface area contributed by atoms with Crippen LogP contribution in [-0.4, -0.2) is 66.4 Å². The Morgan fingerprint density at radius 3 is 1.00 bits per heavy atom. The molecule has 0 spiro atoms. The van der Waals surface area contributed by atoms with Crippen LogP contribution in [0.4, 0.5) is 87.8 Å². The summed E-state index contributed by atoms with van der Waals surface area (Å²) in [6.45, 7) is -3.30. The van der Waals surface area contributed by atoms with Crippen LogP contribution in [0.25, 0.3) is 0 Å². The summed E-state index contributed by atoms with van der Waals surface area (Å²) in [4.78, 5) is 10.5. The molecule has 0 aliphatic rings. The first-order chi connectivity index (χ1) is 13.9. The topological polar surface area (TPSA) is 26.3 Å². The molecule has 0 aliphatic heterocycles. The van der Waals surface area contributed by atoms with Gasteiger partial charge in [-0.3, -0.25) is 0 Å². The maximum atomic E-state index is 13.3. The first kappa shape index (κ1) is 31.1. The number of hydrogen-bond acceptors (Lipinski definition) is 2. The van der Waals surface area contributed by atoms with Gasteiger partial charge in [0.25, 0.3) is 0 Å². The van der Waals surface area contributed by atoms with E-state index in [2.05, 4.69) is 4.74 Å². The smallest absolute Gasteiger partial charge is 0.451 e. The number of ether oxygens (including phenoxy) is 1. The van der Waals surface area contributed by atoms with Gasteiger partial charge in [0.1, 0.15) is 0 Å². The summed E-state index contributed by atoms with van der Waals surface area (Å²) < 4.78 is 256. The molecule has 0 radical (unpaired) electrons. The second-order valence-electron chi connectivity index (χ2n) is 5.71. The van der Waals surface area contributed by atoms with Crippen LogP contribution in [0.3, 0.4) is 0 Å². The van der Waals surface area contributed by atoms with Gasteiger partial charge in [0, 0.05) is 0 Å². The fraction of sp³-hybridized carbons (Fsp3) is 0.909. The monoisotopic (exact) mass is 546 g/mol. The van der Waals surface area contributed by atoms with E-state index in [0.29, 0.717) is 0 Å². The predicted molar refractivity (Wildman–Crippen MR) is 57.7 cm³/mol. The molecular weight excluding hydrogens is 544 g/mol. The first-order valence-corrected chi connectivity index (χ1v) is 6.83. The van der Waals surface area contributed by atoms with Crippen molar-refractivity contribution in [2.24, 2.45) is 0 Å². The summed E-state index contributed by atoms with van der Waals surface area (Å²) in [5.41, 5.74) is 0. The standard InChI is InChI=1S/C11H2F20O2/c12-3(13,14)1-33-2(32)4(15,16)5(17,18)6(19,20)7(21,22)8(23,24)9(25,26)10(27,28)11(29,30)31/h1H2. The van der Waals surface area contributed by atoms with Crippen LogP contribution in [0, 0.1) is 0 Å². The van der Waals surface area contributed by atoms with Crippen molar-refractivity contribution in [3.8, 4) is 0 Å². The minimum atomic E-state index is -8.95. The van der Waals surface area contributed by atoms with Crippen molar-refractivity contribution in [1.82, 2.24) is 0 Å². The summed E-state index contributed by atoms with van der Waals surface area (Å²) in [7, 11) is 0. The van der Waals surface area contributed by atoms with Gasteiger partial charge >= 0.3 is 59.8 Å². The molecular formula is C11H2F20O2. The van der Waals surface area contributed by atoms with E-state index in [4.69, 9.17) is 0 Å². The highest BCUT2D eigenvalue weighted by molar-refractivity contribution is 5.79. The molecule has 0 heterocycles. The second kappa shape index (κ2) is 7.80. The van der Waals surface area contributed by atoms with E-state index in [1.165, 1.54) is 0 Å². The zero-order valence-electron chi connectivity index (χ0n) is 14.1. The lowest BCUT2D eigenvalue weighted by atomic mass is 9.89. The van der Waals surface area contributed by atoms with Gasteiger partial charge in [-0.05, 0) is 0 Å². The number of rotatable bonds is 8. The Kier molecular flexibility index (Phi) is 7.35. The molecule has 0 rings (SSSR count).